The molecule has 0 aromatic rings. The van der Waals surface area contributed by atoms with Crippen molar-refractivity contribution in [2.24, 2.45) is 5.73 Å². The van der Waals surface area contributed by atoms with E-state index in [1.807, 2.05) is 0 Å². The SMILES string of the molecule is NC(=O)OCCNCCC(=O)O. The highest BCUT2D eigenvalue weighted by Crippen LogP contribution is 1.75. The van der Waals surface area contributed by atoms with Crippen molar-refractivity contribution in [3.63, 3.8) is 0 Å². The van der Waals surface area contributed by atoms with E-state index in [2.05, 4.69) is 15.8 Å². The lowest BCUT2D eigenvalue weighted by Crippen LogP contribution is -2.25. The van der Waals surface area contributed by atoms with Crippen LogP contribution in [0.5, 0.6) is 0 Å². The number of nitrogens with one attached hydrogen (secondary N) is 1. The number of carboxylic acid groups (broad SMARTS) is 1. The first-order valence-corrected chi connectivity index (χ1v) is 3.47. The molecule has 0 saturated heterocycles. The van der Waals surface area contributed by atoms with Gasteiger partial charge in [0.25, 0.3) is 0 Å². The molecule has 70 valence electrons. The molecule has 1 amide bonds. The summed E-state index contributed by atoms with van der Waals surface area (Å²) in [7, 11) is 0. The topological polar surface area (TPSA) is 102 Å². The average Bonchev–Trinajstić information content (AvgIpc) is 1.95. The van der Waals surface area contributed by atoms with Crippen molar-refractivity contribution in [3.05, 3.63) is 0 Å². The first kappa shape index (κ1) is 10.7. The van der Waals surface area contributed by atoms with Crippen LogP contribution in [0.1, 0.15) is 6.42 Å². The van der Waals surface area contributed by atoms with Gasteiger partial charge in [0, 0.05) is 13.1 Å². The van der Waals surface area contributed by atoms with Gasteiger partial charge in [-0.15, -0.1) is 0 Å². The van der Waals surface area contributed by atoms with Gasteiger partial charge in [0.05, 0.1) is 6.42 Å². The predicted molar refractivity (Wildman–Crippen MR) is 40.7 cm³/mol. The van der Waals surface area contributed by atoms with Crippen LogP contribution in [0.2, 0.25) is 0 Å². The molecule has 0 heterocycles. The first-order valence-electron chi connectivity index (χ1n) is 3.47. The second kappa shape index (κ2) is 6.41. The van der Waals surface area contributed by atoms with Gasteiger partial charge in [0.1, 0.15) is 6.61 Å². The number of aliphatic carboxylic acids is 1. The number of hydrogen-bond donors (Lipinski definition) is 3. The largest absolute Gasteiger partial charge is 0.481 e. The van der Waals surface area contributed by atoms with Crippen LogP contribution in [0, 0.1) is 0 Å². The van der Waals surface area contributed by atoms with Gasteiger partial charge >= 0.3 is 12.1 Å². The predicted octanol–water partition coefficient (Wildman–Crippen LogP) is -0.854. The minimum absolute atomic E-state index is 0.0522. The van der Waals surface area contributed by atoms with Gasteiger partial charge in [0.15, 0.2) is 0 Å². The summed E-state index contributed by atoms with van der Waals surface area (Å²) in [4.78, 5) is 20.0. The molecule has 0 aliphatic heterocycles. The number of carbonyl (C=O) groups excluding carboxylic acids is 1. The van der Waals surface area contributed by atoms with Crippen molar-refractivity contribution in [2.75, 3.05) is 19.7 Å². The summed E-state index contributed by atoms with van der Waals surface area (Å²) >= 11 is 0. The van der Waals surface area contributed by atoms with E-state index in [0.717, 1.165) is 0 Å². The van der Waals surface area contributed by atoms with Crippen LogP contribution >= 0.6 is 0 Å². The lowest BCUT2D eigenvalue weighted by atomic mass is 10.4. The lowest BCUT2D eigenvalue weighted by molar-refractivity contribution is -0.136. The Morgan fingerprint density at radius 3 is 2.58 bits per heavy atom. The molecule has 0 atom stereocenters. The smallest absolute Gasteiger partial charge is 0.404 e. The maximum Gasteiger partial charge on any atom is 0.404 e. The summed E-state index contributed by atoms with van der Waals surface area (Å²) in [5, 5.41) is 11.0. The highest BCUT2D eigenvalue weighted by molar-refractivity contribution is 5.66. The first-order chi connectivity index (χ1) is 5.63. The number of carbonyl (C=O) groups is 2. The number of rotatable bonds is 6. The molecule has 4 N–H and O–H groups in total. The van der Waals surface area contributed by atoms with Gasteiger partial charge in [-0.05, 0) is 0 Å². The van der Waals surface area contributed by atoms with Gasteiger partial charge in [0.2, 0.25) is 0 Å². The third-order valence-electron chi connectivity index (χ3n) is 1.04. The third-order valence-corrected chi connectivity index (χ3v) is 1.04. The molecule has 0 fully saturated rings. The van der Waals surface area contributed by atoms with Crippen molar-refractivity contribution in [1.82, 2.24) is 5.32 Å². The Labute approximate surface area is 69.7 Å². The summed E-state index contributed by atoms with van der Waals surface area (Å²) in [6.07, 6.45) is -0.772. The highest BCUT2D eigenvalue weighted by Gasteiger charge is 1.95. The number of primary amides is 1. The molecule has 0 bridgehead atoms. The Balaban J connectivity index is 3.01. The summed E-state index contributed by atoms with van der Waals surface area (Å²) in [5.74, 6) is -0.863. The van der Waals surface area contributed by atoms with Gasteiger partial charge in [-0.25, -0.2) is 4.79 Å². The summed E-state index contributed by atoms with van der Waals surface area (Å²) in [6, 6.07) is 0. The van der Waals surface area contributed by atoms with Gasteiger partial charge < -0.3 is 20.9 Å². The Bertz CT molecular complexity index is 142. The molecule has 0 rings (SSSR count). The normalized spacial score (nSPS) is 9.33. The zero-order valence-corrected chi connectivity index (χ0v) is 6.58. The van der Waals surface area contributed by atoms with Crippen LogP contribution < -0.4 is 11.1 Å². The molecular formula is C6H12N2O4. The van der Waals surface area contributed by atoms with E-state index in [1.165, 1.54) is 0 Å². The van der Waals surface area contributed by atoms with Crippen molar-refractivity contribution in [3.8, 4) is 0 Å². The molecule has 0 aliphatic carbocycles. The van der Waals surface area contributed by atoms with Crippen molar-refractivity contribution in [1.29, 1.82) is 0 Å². The van der Waals surface area contributed by atoms with Gasteiger partial charge in [-0.1, -0.05) is 0 Å². The van der Waals surface area contributed by atoms with Crippen LogP contribution in [0.3, 0.4) is 0 Å². The molecule has 6 heteroatoms. The molecule has 0 aromatic heterocycles. The molecule has 0 unspecified atom stereocenters. The molecule has 0 aliphatic rings. The second-order valence-electron chi connectivity index (χ2n) is 2.06. The van der Waals surface area contributed by atoms with E-state index in [0.29, 0.717) is 13.1 Å². The number of carboxylic acids is 1. The highest BCUT2D eigenvalue weighted by atomic mass is 16.5. The molecule has 0 spiro atoms. The monoisotopic (exact) mass is 176 g/mol. The fraction of sp³-hybridized carbons (Fsp3) is 0.667. The fourth-order valence-corrected chi connectivity index (χ4v) is 0.544. The average molecular weight is 176 g/mol. The summed E-state index contributed by atoms with van der Waals surface area (Å²) < 4.78 is 4.38. The van der Waals surface area contributed by atoms with E-state index in [-0.39, 0.29) is 13.0 Å². The molecule has 0 saturated carbocycles. The Hall–Kier alpha value is -1.30. The van der Waals surface area contributed by atoms with Crippen molar-refractivity contribution >= 4 is 12.1 Å². The maximum atomic E-state index is 10.0. The standard InChI is InChI=1S/C6H12N2O4/c7-6(11)12-4-3-8-2-1-5(9)10/h8H,1-4H2,(H2,7,11)(H,9,10). The van der Waals surface area contributed by atoms with E-state index >= 15 is 0 Å². The zero-order chi connectivity index (χ0) is 9.40. The van der Waals surface area contributed by atoms with Crippen molar-refractivity contribution in [2.45, 2.75) is 6.42 Å². The summed E-state index contributed by atoms with van der Waals surface area (Å²) in [6.45, 7) is 0.933. The van der Waals surface area contributed by atoms with Gasteiger partial charge in [-0.3, -0.25) is 4.79 Å². The minimum Gasteiger partial charge on any atom is -0.481 e. The fourth-order valence-electron chi connectivity index (χ4n) is 0.544. The van der Waals surface area contributed by atoms with Crippen LogP contribution in [0.15, 0.2) is 0 Å². The lowest BCUT2D eigenvalue weighted by Gasteiger charge is -2.02. The molecule has 0 aromatic carbocycles. The second-order valence-corrected chi connectivity index (χ2v) is 2.06. The van der Waals surface area contributed by atoms with Crippen LogP contribution in [0.4, 0.5) is 4.79 Å². The van der Waals surface area contributed by atoms with Gasteiger partial charge in [-0.2, -0.15) is 0 Å². The van der Waals surface area contributed by atoms with Crippen LogP contribution in [0.25, 0.3) is 0 Å². The minimum atomic E-state index is -0.863. The van der Waals surface area contributed by atoms with E-state index < -0.39 is 12.1 Å². The zero-order valence-electron chi connectivity index (χ0n) is 6.58. The molecule has 6 nitrogen and oxygen atoms in total. The molecule has 0 radical (unpaired) electrons. The van der Waals surface area contributed by atoms with Crippen LogP contribution in [-0.2, 0) is 9.53 Å². The quantitative estimate of drug-likeness (QED) is 0.457. The number of ether oxygens (including phenoxy) is 1. The molecule has 12 heavy (non-hydrogen) atoms. The summed E-state index contributed by atoms with van der Waals surface area (Å²) in [5.41, 5.74) is 4.67. The Morgan fingerprint density at radius 2 is 2.08 bits per heavy atom. The Morgan fingerprint density at radius 1 is 1.42 bits per heavy atom. The maximum absolute atomic E-state index is 10.0. The van der Waals surface area contributed by atoms with E-state index in [1.54, 1.807) is 0 Å². The number of nitrogens with two attached hydrogens (primary N) is 1. The molecular weight excluding hydrogens is 164 g/mol. The van der Waals surface area contributed by atoms with E-state index in [4.69, 9.17) is 5.11 Å². The third kappa shape index (κ3) is 8.70. The van der Waals surface area contributed by atoms with Crippen LogP contribution in [-0.4, -0.2) is 36.9 Å². The van der Waals surface area contributed by atoms with E-state index in [9.17, 15) is 9.59 Å². The Kier molecular flexibility index (Phi) is 5.72. The van der Waals surface area contributed by atoms with Crippen molar-refractivity contribution < 1.29 is 19.4 Å². The number of amides is 1. The number of hydrogen-bond acceptors (Lipinski definition) is 4.